The van der Waals surface area contributed by atoms with Gasteiger partial charge in [0.05, 0.1) is 18.3 Å². The summed E-state index contributed by atoms with van der Waals surface area (Å²) in [7, 11) is 0. The highest BCUT2D eigenvalue weighted by Gasteiger charge is 2.65. The second kappa shape index (κ2) is 7.49. The average molecular weight is 409 g/mol. The summed E-state index contributed by atoms with van der Waals surface area (Å²) in [5.74, 6) is 1.25. The Morgan fingerprint density at radius 1 is 1.00 bits per heavy atom. The van der Waals surface area contributed by atoms with E-state index in [1.807, 2.05) is 0 Å². The van der Waals surface area contributed by atoms with Gasteiger partial charge in [0.1, 0.15) is 0 Å². The number of hydrogen-bond donors (Lipinski definition) is 4. The zero-order valence-corrected chi connectivity index (χ0v) is 18.3. The average Bonchev–Trinajstić information content (AvgIpc) is 3.02. The summed E-state index contributed by atoms with van der Waals surface area (Å²) < 4.78 is 0. The highest BCUT2D eigenvalue weighted by Crippen LogP contribution is 2.68. The molecule has 5 heteroatoms. The largest absolute Gasteiger partial charge is 0.481 e. The van der Waals surface area contributed by atoms with Crippen molar-refractivity contribution in [3.05, 3.63) is 0 Å². The summed E-state index contributed by atoms with van der Waals surface area (Å²) in [6.45, 7) is 6.72. The first kappa shape index (κ1) is 21.6. The molecule has 0 amide bonds. The van der Waals surface area contributed by atoms with E-state index in [9.17, 15) is 20.1 Å². The summed E-state index contributed by atoms with van der Waals surface area (Å²) in [5, 5.41) is 41.8. The van der Waals surface area contributed by atoms with E-state index in [2.05, 4.69) is 20.8 Å². The Balaban J connectivity index is 1.60. The van der Waals surface area contributed by atoms with E-state index >= 15 is 0 Å². The number of rotatable bonds is 4. The van der Waals surface area contributed by atoms with Crippen LogP contribution in [0.3, 0.4) is 0 Å². The molecule has 0 aromatic heterocycles. The Bertz CT molecular complexity index is 637. The second-order valence-corrected chi connectivity index (χ2v) is 11.4. The van der Waals surface area contributed by atoms with E-state index in [-0.39, 0.29) is 47.4 Å². The maximum atomic E-state index is 11.5. The highest BCUT2D eigenvalue weighted by atomic mass is 16.4. The number of hydrogen-bond acceptors (Lipinski definition) is 4. The third-order valence-electron chi connectivity index (χ3n) is 10.3. The van der Waals surface area contributed by atoms with E-state index in [0.29, 0.717) is 36.5 Å². The van der Waals surface area contributed by atoms with E-state index in [1.165, 1.54) is 0 Å². The van der Waals surface area contributed by atoms with Crippen molar-refractivity contribution in [3.8, 4) is 0 Å². The minimum atomic E-state index is -0.741. The summed E-state index contributed by atoms with van der Waals surface area (Å²) in [6, 6.07) is 0. The number of carboxylic acids is 1. The number of aliphatic carboxylic acids is 1. The maximum absolute atomic E-state index is 11.5. The Morgan fingerprint density at radius 3 is 2.41 bits per heavy atom. The van der Waals surface area contributed by atoms with Gasteiger partial charge in [-0.2, -0.15) is 0 Å². The fourth-order valence-electron chi connectivity index (χ4n) is 8.76. The Labute approximate surface area is 174 Å². The molecule has 11 atom stereocenters. The van der Waals surface area contributed by atoms with Gasteiger partial charge >= 0.3 is 5.97 Å². The van der Waals surface area contributed by atoms with Gasteiger partial charge < -0.3 is 20.4 Å². The topological polar surface area (TPSA) is 98.0 Å². The predicted octanol–water partition coefficient (Wildman–Crippen LogP) is 3.45. The lowest BCUT2D eigenvalue weighted by atomic mass is 9.43. The Morgan fingerprint density at radius 2 is 1.72 bits per heavy atom. The zero-order chi connectivity index (χ0) is 21.1. The number of carboxylic acid groups (broad SMARTS) is 1. The van der Waals surface area contributed by atoms with Crippen LogP contribution in [0.2, 0.25) is 0 Å². The Kier molecular flexibility index (Phi) is 5.57. The number of carbonyl (C=O) groups is 1. The maximum Gasteiger partial charge on any atom is 0.303 e. The fourth-order valence-corrected chi connectivity index (χ4v) is 8.76. The van der Waals surface area contributed by atoms with Crippen LogP contribution in [0.5, 0.6) is 0 Å². The lowest BCUT2D eigenvalue weighted by Crippen LogP contribution is -2.61. The van der Waals surface area contributed by atoms with Crippen molar-refractivity contribution >= 4 is 5.97 Å². The molecule has 4 saturated carbocycles. The van der Waals surface area contributed by atoms with Gasteiger partial charge in [0.25, 0.3) is 0 Å². The molecular weight excluding hydrogens is 368 g/mol. The van der Waals surface area contributed by atoms with Crippen LogP contribution in [-0.2, 0) is 4.79 Å². The molecule has 4 aliphatic rings. The molecule has 0 radical (unpaired) electrons. The van der Waals surface area contributed by atoms with Crippen molar-refractivity contribution in [2.24, 2.45) is 46.3 Å². The van der Waals surface area contributed by atoms with Gasteiger partial charge in [-0.3, -0.25) is 4.79 Å². The van der Waals surface area contributed by atoms with Gasteiger partial charge in [0, 0.05) is 6.42 Å². The lowest BCUT2D eigenvalue weighted by molar-refractivity contribution is -0.202. The molecule has 4 rings (SSSR count). The van der Waals surface area contributed by atoms with E-state index < -0.39 is 5.97 Å². The van der Waals surface area contributed by atoms with E-state index in [1.54, 1.807) is 0 Å². The van der Waals surface area contributed by atoms with Crippen molar-refractivity contribution < 1.29 is 25.2 Å². The van der Waals surface area contributed by atoms with Gasteiger partial charge in [-0.05, 0) is 97.7 Å². The third-order valence-corrected chi connectivity index (χ3v) is 10.3. The van der Waals surface area contributed by atoms with Crippen LogP contribution >= 0.6 is 0 Å². The molecular formula is C24H40O5. The number of fused-ring (bicyclic) bond motifs is 5. The number of aliphatic hydroxyl groups excluding tert-OH is 3. The predicted molar refractivity (Wildman–Crippen MR) is 110 cm³/mol. The monoisotopic (exact) mass is 408 g/mol. The molecule has 4 aliphatic carbocycles. The molecule has 0 aromatic rings. The molecule has 5 nitrogen and oxygen atoms in total. The smallest absolute Gasteiger partial charge is 0.303 e. The van der Waals surface area contributed by atoms with E-state index in [0.717, 1.165) is 38.5 Å². The minimum absolute atomic E-state index is 0.00309. The van der Waals surface area contributed by atoms with Gasteiger partial charge in [0.15, 0.2) is 0 Å². The summed E-state index contributed by atoms with van der Waals surface area (Å²) in [6.07, 6.45) is 5.97. The van der Waals surface area contributed by atoms with Crippen LogP contribution in [0, 0.1) is 46.3 Å². The van der Waals surface area contributed by atoms with Crippen molar-refractivity contribution in [2.75, 3.05) is 0 Å². The van der Waals surface area contributed by atoms with Crippen LogP contribution in [0.15, 0.2) is 0 Å². The normalized spacial score (nSPS) is 52.9. The molecule has 0 aliphatic heterocycles. The van der Waals surface area contributed by atoms with Gasteiger partial charge in [-0.25, -0.2) is 0 Å². The van der Waals surface area contributed by atoms with Crippen LogP contribution in [0.4, 0.5) is 0 Å². The molecule has 0 saturated heterocycles. The van der Waals surface area contributed by atoms with Crippen molar-refractivity contribution in [3.63, 3.8) is 0 Å². The highest BCUT2D eigenvalue weighted by molar-refractivity contribution is 5.66. The van der Waals surface area contributed by atoms with Crippen LogP contribution < -0.4 is 0 Å². The summed E-state index contributed by atoms with van der Waals surface area (Å²) in [5.41, 5.74) is -0.187. The second-order valence-electron chi connectivity index (χ2n) is 11.4. The number of aliphatic hydroxyl groups is 3. The molecule has 166 valence electrons. The quantitative estimate of drug-likeness (QED) is 0.571. The third kappa shape index (κ3) is 3.27. The van der Waals surface area contributed by atoms with Crippen molar-refractivity contribution in [1.82, 2.24) is 0 Å². The molecule has 0 unspecified atom stereocenters. The van der Waals surface area contributed by atoms with Crippen LogP contribution in [0.1, 0.15) is 78.6 Å². The first-order valence-electron chi connectivity index (χ1n) is 11.8. The zero-order valence-electron chi connectivity index (χ0n) is 18.3. The molecule has 0 bridgehead atoms. The molecule has 0 spiro atoms. The summed E-state index contributed by atoms with van der Waals surface area (Å²) >= 11 is 0. The van der Waals surface area contributed by atoms with Crippen molar-refractivity contribution in [1.29, 1.82) is 0 Å². The molecule has 29 heavy (non-hydrogen) atoms. The van der Waals surface area contributed by atoms with Crippen molar-refractivity contribution in [2.45, 2.75) is 96.9 Å². The molecule has 0 heterocycles. The molecule has 4 N–H and O–H groups in total. The Hall–Kier alpha value is -0.650. The minimum Gasteiger partial charge on any atom is -0.481 e. The van der Waals surface area contributed by atoms with Gasteiger partial charge in [0.2, 0.25) is 0 Å². The van der Waals surface area contributed by atoms with Gasteiger partial charge in [-0.1, -0.05) is 20.8 Å². The molecule has 4 fully saturated rings. The van der Waals surface area contributed by atoms with Crippen LogP contribution in [-0.4, -0.2) is 44.7 Å². The first-order chi connectivity index (χ1) is 13.6. The van der Waals surface area contributed by atoms with Gasteiger partial charge in [-0.15, -0.1) is 0 Å². The SMILES string of the molecule is C[C@H](CCC(=O)O)[C@H]1CC[C@H]2[C@@H]3C[C@@H](O)[C@@H]4C[C@@H](O)CC[C@]4(C)[C@H]3C[C@H](O)[C@]12C. The standard InChI is InChI=1S/C24H40O5/c1-13(4-7-22(28)29)16-5-6-17-15-11-20(26)19-10-14(25)8-9-23(19,2)18(15)12-21(27)24(16,17)3/h13-21,25-27H,4-12H2,1-3H3,(H,28,29)/t13-,14+,15+,16-,17+,18+,19+,20-,21+,23-,24-/m1/s1. The molecule has 0 aromatic carbocycles. The van der Waals surface area contributed by atoms with E-state index in [4.69, 9.17) is 5.11 Å². The van der Waals surface area contributed by atoms with Crippen LogP contribution in [0.25, 0.3) is 0 Å². The first-order valence-corrected chi connectivity index (χ1v) is 11.8. The lowest BCUT2D eigenvalue weighted by Gasteiger charge is -2.63. The summed E-state index contributed by atoms with van der Waals surface area (Å²) in [4.78, 5) is 11.1. The fraction of sp³-hybridized carbons (Fsp3) is 0.958.